The summed E-state index contributed by atoms with van der Waals surface area (Å²) in [7, 11) is 0. The van der Waals surface area contributed by atoms with Crippen molar-refractivity contribution in [1.82, 2.24) is 0 Å². The highest BCUT2D eigenvalue weighted by molar-refractivity contribution is 7.98. The summed E-state index contributed by atoms with van der Waals surface area (Å²) < 4.78 is 16.6. The Kier molecular flexibility index (Phi) is 11.3. The number of hydrogen-bond donors (Lipinski definition) is 0. The van der Waals surface area contributed by atoms with Crippen molar-refractivity contribution < 1.29 is 14.2 Å². The summed E-state index contributed by atoms with van der Waals surface area (Å²) in [6.45, 7) is 5.56. The predicted molar refractivity (Wildman–Crippen MR) is 89.5 cm³/mol. The van der Waals surface area contributed by atoms with Gasteiger partial charge in [-0.25, -0.2) is 0 Å². The molecular weight excluding hydrogens is 284 g/mol. The average molecular weight is 312 g/mol. The van der Waals surface area contributed by atoms with Gasteiger partial charge >= 0.3 is 0 Å². The van der Waals surface area contributed by atoms with E-state index in [-0.39, 0.29) is 0 Å². The Morgan fingerprint density at radius 3 is 2.43 bits per heavy atom. The van der Waals surface area contributed by atoms with Crippen LogP contribution in [0.1, 0.15) is 32.6 Å². The van der Waals surface area contributed by atoms with Crippen molar-refractivity contribution in [2.45, 2.75) is 37.5 Å². The first-order chi connectivity index (χ1) is 10.4. The van der Waals surface area contributed by atoms with Crippen molar-refractivity contribution in [1.29, 1.82) is 0 Å². The molecule has 21 heavy (non-hydrogen) atoms. The molecule has 0 saturated heterocycles. The number of unbranched alkanes of at least 4 members (excludes halogenated alkanes) is 3. The number of rotatable bonds is 13. The summed E-state index contributed by atoms with van der Waals surface area (Å²) in [5.74, 6) is 0.901. The zero-order chi connectivity index (χ0) is 15.2. The quantitative estimate of drug-likeness (QED) is 0.398. The van der Waals surface area contributed by atoms with E-state index in [1.807, 2.05) is 18.2 Å². The maximum absolute atomic E-state index is 5.64. The monoisotopic (exact) mass is 312 g/mol. The van der Waals surface area contributed by atoms with Crippen LogP contribution in [0.3, 0.4) is 0 Å². The molecule has 0 heterocycles. The van der Waals surface area contributed by atoms with Crippen LogP contribution >= 0.6 is 11.8 Å². The normalized spacial score (nSPS) is 10.8. The van der Waals surface area contributed by atoms with E-state index in [2.05, 4.69) is 19.2 Å². The van der Waals surface area contributed by atoms with Crippen LogP contribution in [0.2, 0.25) is 0 Å². The average Bonchev–Trinajstić information content (AvgIpc) is 2.53. The van der Waals surface area contributed by atoms with Gasteiger partial charge < -0.3 is 14.2 Å². The smallest absolute Gasteiger partial charge is 0.120 e. The highest BCUT2D eigenvalue weighted by Gasteiger charge is 1.96. The molecule has 120 valence electrons. The Balaban J connectivity index is 1.90. The number of ether oxygens (including phenoxy) is 3. The van der Waals surface area contributed by atoms with Crippen LogP contribution in [-0.4, -0.2) is 39.3 Å². The van der Waals surface area contributed by atoms with Crippen LogP contribution in [0.5, 0.6) is 5.75 Å². The van der Waals surface area contributed by atoms with Crippen molar-refractivity contribution in [2.75, 3.05) is 39.3 Å². The van der Waals surface area contributed by atoms with Crippen molar-refractivity contribution >= 4 is 11.8 Å². The SMILES string of the molecule is CCCCCCOCCOCCOc1cccc(SC)c1. The van der Waals surface area contributed by atoms with Gasteiger partial charge in [0.15, 0.2) is 0 Å². The molecule has 0 spiro atoms. The highest BCUT2D eigenvalue weighted by Crippen LogP contribution is 2.20. The molecular formula is C17H28O3S. The molecule has 0 saturated carbocycles. The van der Waals surface area contributed by atoms with Gasteiger partial charge in [0.05, 0.1) is 19.8 Å². The van der Waals surface area contributed by atoms with Gasteiger partial charge in [0.2, 0.25) is 0 Å². The molecule has 0 unspecified atom stereocenters. The Morgan fingerprint density at radius 2 is 1.67 bits per heavy atom. The number of thioether (sulfide) groups is 1. The molecule has 0 aromatic heterocycles. The van der Waals surface area contributed by atoms with Crippen LogP contribution in [0.25, 0.3) is 0 Å². The van der Waals surface area contributed by atoms with E-state index in [1.165, 1.54) is 24.2 Å². The maximum atomic E-state index is 5.64. The summed E-state index contributed by atoms with van der Waals surface area (Å²) >= 11 is 1.71. The lowest BCUT2D eigenvalue weighted by atomic mass is 10.2. The van der Waals surface area contributed by atoms with E-state index in [1.54, 1.807) is 11.8 Å². The van der Waals surface area contributed by atoms with Crippen LogP contribution < -0.4 is 4.74 Å². The summed E-state index contributed by atoms with van der Waals surface area (Å²) in [5.41, 5.74) is 0. The minimum Gasteiger partial charge on any atom is -0.491 e. The molecule has 1 aromatic carbocycles. The first-order valence-corrected chi connectivity index (χ1v) is 9.01. The molecule has 3 nitrogen and oxygen atoms in total. The summed E-state index contributed by atoms with van der Waals surface area (Å²) in [6, 6.07) is 8.10. The fourth-order valence-corrected chi connectivity index (χ4v) is 2.31. The van der Waals surface area contributed by atoms with Crippen molar-refractivity contribution in [3.63, 3.8) is 0 Å². The van der Waals surface area contributed by atoms with E-state index in [0.29, 0.717) is 26.4 Å². The number of benzene rings is 1. The minimum atomic E-state index is 0.578. The van der Waals surface area contributed by atoms with Gasteiger partial charge in [-0.05, 0) is 30.9 Å². The van der Waals surface area contributed by atoms with E-state index in [0.717, 1.165) is 18.8 Å². The van der Waals surface area contributed by atoms with Crippen molar-refractivity contribution in [3.05, 3.63) is 24.3 Å². The van der Waals surface area contributed by atoms with E-state index in [4.69, 9.17) is 14.2 Å². The second-order valence-electron chi connectivity index (χ2n) is 4.81. The minimum absolute atomic E-state index is 0.578. The summed E-state index contributed by atoms with van der Waals surface area (Å²) in [4.78, 5) is 1.21. The fourth-order valence-electron chi connectivity index (χ4n) is 1.86. The summed E-state index contributed by atoms with van der Waals surface area (Å²) in [5, 5.41) is 0. The van der Waals surface area contributed by atoms with Gasteiger partial charge in [0.1, 0.15) is 12.4 Å². The van der Waals surface area contributed by atoms with Gasteiger partial charge in [-0.1, -0.05) is 32.3 Å². The highest BCUT2D eigenvalue weighted by atomic mass is 32.2. The zero-order valence-corrected chi connectivity index (χ0v) is 14.1. The molecule has 0 N–H and O–H groups in total. The van der Waals surface area contributed by atoms with Gasteiger partial charge in [0, 0.05) is 11.5 Å². The first-order valence-electron chi connectivity index (χ1n) is 7.79. The molecule has 0 radical (unpaired) electrons. The molecule has 0 aliphatic carbocycles. The predicted octanol–water partition coefficient (Wildman–Crippen LogP) is 4.40. The van der Waals surface area contributed by atoms with Crippen LogP contribution in [0, 0.1) is 0 Å². The Bertz CT molecular complexity index is 358. The second kappa shape index (κ2) is 13.0. The van der Waals surface area contributed by atoms with Gasteiger partial charge in [0.25, 0.3) is 0 Å². The molecule has 0 amide bonds. The molecule has 0 atom stereocenters. The summed E-state index contributed by atoms with van der Waals surface area (Å²) in [6.07, 6.45) is 7.05. The Hall–Kier alpha value is -0.710. The van der Waals surface area contributed by atoms with Crippen molar-refractivity contribution in [3.8, 4) is 5.75 Å². The van der Waals surface area contributed by atoms with Gasteiger partial charge in [-0.2, -0.15) is 0 Å². The third-order valence-electron chi connectivity index (χ3n) is 3.05. The van der Waals surface area contributed by atoms with Crippen LogP contribution in [-0.2, 0) is 9.47 Å². The maximum Gasteiger partial charge on any atom is 0.120 e. The number of hydrogen-bond acceptors (Lipinski definition) is 4. The largest absolute Gasteiger partial charge is 0.491 e. The topological polar surface area (TPSA) is 27.7 Å². The lowest BCUT2D eigenvalue weighted by Crippen LogP contribution is -2.11. The molecule has 0 fully saturated rings. The van der Waals surface area contributed by atoms with Gasteiger partial charge in [-0.3, -0.25) is 0 Å². The molecule has 0 aliphatic rings. The molecule has 4 heteroatoms. The van der Waals surface area contributed by atoms with Crippen molar-refractivity contribution in [2.24, 2.45) is 0 Å². The molecule has 0 aliphatic heterocycles. The van der Waals surface area contributed by atoms with E-state index < -0.39 is 0 Å². The Labute approximate surface area is 133 Å². The van der Waals surface area contributed by atoms with Crippen LogP contribution in [0.15, 0.2) is 29.2 Å². The fraction of sp³-hybridized carbons (Fsp3) is 0.647. The third-order valence-corrected chi connectivity index (χ3v) is 3.78. The third kappa shape index (κ3) is 9.77. The standard InChI is InChI=1S/C17H28O3S/c1-3-4-5-6-10-18-11-12-19-13-14-20-16-8-7-9-17(15-16)21-2/h7-9,15H,3-6,10-14H2,1-2H3. The Morgan fingerprint density at radius 1 is 0.905 bits per heavy atom. The lowest BCUT2D eigenvalue weighted by Gasteiger charge is -2.08. The lowest BCUT2D eigenvalue weighted by molar-refractivity contribution is 0.0352. The van der Waals surface area contributed by atoms with Crippen LogP contribution in [0.4, 0.5) is 0 Å². The van der Waals surface area contributed by atoms with Gasteiger partial charge in [-0.15, -0.1) is 11.8 Å². The molecule has 1 rings (SSSR count). The van der Waals surface area contributed by atoms with E-state index in [9.17, 15) is 0 Å². The molecule has 1 aromatic rings. The first kappa shape index (κ1) is 18.3. The zero-order valence-electron chi connectivity index (χ0n) is 13.3. The molecule has 0 bridgehead atoms. The second-order valence-corrected chi connectivity index (χ2v) is 5.69. The van der Waals surface area contributed by atoms with E-state index >= 15 is 0 Å².